The van der Waals surface area contributed by atoms with Crippen molar-refractivity contribution in [2.24, 2.45) is 11.8 Å². The van der Waals surface area contributed by atoms with Crippen molar-refractivity contribution in [3.05, 3.63) is 53.6 Å². The summed E-state index contributed by atoms with van der Waals surface area (Å²) in [5.41, 5.74) is 1.31. The lowest BCUT2D eigenvalue weighted by Crippen LogP contribution is -2.50. The van der Waals surface area contributed by atoms with Gasteiger partial charge in [-0.15, -0.1) is 0 Å². The smallest absolute Gasteiger partial charge is 0.257 e. The predicted molar refractivity (Wildman–Crippen MR) is 153 cm³/mol. The fraction of sp³-hybridized carbons (Fsp3) is 0.516. The van der Waals surface area contributed by atoms with Gasteiger partial charge in [0.1, 0.15) is 18.1 Å². The third kappa shape index (κ3) is 6.75. The highest BCUT2D eigenvalue weighted by atomic mass is 16.5. The van der Waals surface area contributed by atoms with Crippen LogP contribution in [0.4, 0.5) is 5.69 Å². The Morgan fingerprint density at radius 3 is 2.48 bits per heavy atom. The number of carbonyl (C=O) groups excluding carboxylic acids is 3. The van der Waals surface area contributed by atoms with Gasteiger partial charge in [-0.05, 0) is 50.1 Å². The minimum absolute atomic E-state index is 0.0150. The molecule has 3 amide bonds. The number of benzene rings is 2. The molecule has 0 spiro atoms. The van der Waals surface area contributed by atoms with E-state index < -0.39 is 0 Å². The molecule has 40 heavy (non-hydrogen) atoms. The number of methoxy groups -OCH3 is 2. The van der Waals surface area contributed by atoms with Crippen LogP contribution in [0.5, 0.6) is 11.5 Å². The molecule has 2 aliphatic rings. The summed E-state index contributed by atoms with van der Waals surface area (Å²) in [6.07, 6.45) is 3.75. The van der Waals surface area contributed by atoms with Crippen LogP contribution in [0.25, 0.3) is 0 Å². The summed E-state index contributed by atoms with van der Waals surface area (Å²) in [6.45, 7) is 5.13. The van der Waals surface area contributed by atoms with Gasteiger partial charge >= 0.3 is 0 Å². The summed E-state index contributed by atoms with van der Waals surface area (Å²) < 4.78 is 17.3. The van der Waals surface area contributed by atoms with Crippen LogP contribution < -0.4 is 14.8 Å². The van der Waals surface area contributed by atoms with Gasteiger partial charge in [-0.25, -0.2) is 0 Å². The number of rotatable bonds is 5. The van der Waals surface area contributed by atoms with Crippen molar-refractivity contribution in [1.29, 1.82) is 0 Å². The minimum atomic E-state index is -0.311. The summed E-state index contributed by atoms with van der Waals surface area (Å²) >= 11 is 0. The Morgan fingerprint density at radius 1 is 1.02 bits per heavy atom. The second-order valence-corrected chi connectivity index (χ2v) is 11.0. The number of hydrogen-bond acceptors (Lipinski definition) is 6. The van der Waals surface area contributed by atoms with Crippen molar-refractivity contribution in [1.82, 2.24) is 9.80 Å². The van der Waals surface area contributed by atoms with Gasteiger partial charge in [0.25, 0.3) is 11.8 Å². The Balaban J connectivity index is 1.63. The van der Waals surface area contributed by atoms with Crippen molar-refractivity contribution >= 4 is 23.4 Å². The van der Waals surface area contributed by atoms with E-state index in [1.54, 1.807) is 68.6 Å². The van der Waals surface area contributed by atoms with Crippen molar-refractivity contribution in [3.8, 4) is 11.5 Å². The number of nitrogens with one attached hydrogen (secondary N) is 1. The predicted octanol–water partition coefficient (Wildman–Crippen LogP) is 4.47. The lowest BCUT2D eigenvalue weighted by molar-refractivity contribution is -0.139. The lowest BCUT2D eigenvalue weighted by Gasteiger charge is -2.37. The zero-order valence-electron chi connectivity index (χ0n) is 24.1. The van der Waals surface area contributed by atoms with Gasteiger partial charge < -0.3 is 29.3 Å². The number of nitrogens with zero attached hydrogens (tertiary/aromatic N) is 2. The van der Waals surface area contributed by atoms with Crippen LogP contribution >= 0.6 is 0 Å². The van der Waals surface area contributed by atoms with Gasteiger partial charge in [-0.1, -0.05) is 25.8 Å². The summed E-state index contributed by atoms with van der Waals surface area (Å²) in [7, 11) is 4.93. The molecule has 0 aromatic heterocycles. The molecule has 1 fully saturated rings. The molecule has 2 aromatic carbocycles. The maximum Gasteiger partial charge on any atom is 0.257 e. The Bertz CT molecular complexity index is 1210. The molecule has 1 saturated carbocycles. The monoisotopic (exact) mass is 551 g/mol. The average Bonchev–Trinajstić information content (AvgIpc) is 3.51. The Labute approximate surface area is 236 Å². The van der Waals surface area contributed by atoms with Crippen LogP contribution in [0.1, 0.15) is 60.2 Å². The zero-order chi connectivity index (χ0) is 28.8. The highest BCUT2D eigenvalue weighted by Crippen LogP contribution is 2.30. The number of hydrogen-bond donors (Lipinski definition) is 1. The van der Waals surface area contributed by atoms with Gasteiger partial charge in [-0.3, -0.25) is 14.4 Å². The van der Waals surface area contributed by atoms with E-state index in [0.29, 0.717) is 41.4 Å². The molecule has 0 bridgehead atoms. The highest BCUT2D eigenvalue weighted by Gasteiger charge is 2.34. The van der Waals surface area contributed by atoms with Crippen molar-refractivity contribution in [2.75, 3.05) is 46.3 Å². The standard InChI is InChI=1S/C31H41N3O6/c1-20-17-34(30(36)22-9-6-7-10-22)21(2)19-40-27-16-24(32-29(35)23-11-8-12-25(15-23)38-4)13-14-26(27)31(37)33(3)18-28(20)39-5/h8,11-16,20-22,28H,6-7,9-10,17-19H2,1-5H3,(H,32,35)/t20-,21+,28-/m0/s1. The molecule has 0 radical (unpaired) electrons. The normalized spacial score (nSPS) is 22.5. The van der Waals surface area contributed by atoms with Crippen LogP contribution in [0.2, 0.25) is 0 Å². The number of anilines is 1. The van der Waals surface area contributed by atoms with Gasteiger partial charge in [0.05, 0.1) is 24.8 Å². The van der Waals surface area contributed by atoms with E-state index in [2.05, 4.69) is 12.2 Å². The quantitative estimate of drug-likeness (QED) is 0.589. The summed E-state index contributed by atoms with van der Waals surface area (Å²) in [5.74, 6) is 0.631. The third-order valence-corrected chi connectivity index (χ3v) is 8.02. The maximum absolute atomic E-state index is 13.6. The van der Waals surface area contributed by atoms with Crippen molar-refractivity contribution in [3.63, 3.8) is 0 Å². The second-order valence-electron chi connectivity index (χ2n) is 11.0. The minimum Gasteiger partial charge on any atom is -0.497 e. The zero-order valence-corrected chi connectivity index (χ0v) is 24.1. The largest absolute Gasteiger partial charge is 0.497 e. The SMILES string of the molecule is COc1cccc(C(=O)Nc2ccc3c(c2)OC[C@@H](C)N(C(=O)C2CCCC2)C[C@H](C)[C@@H](OC)CN(C)C3=O)c1. The van der Waals surface area contributed by atoms with Crippen molar-refractivity contribution < 1.29 is 28.6 Å². The summed E-state index contributed by atoms with van der Waals surface area (Å²) in [5, 5.41) is 2.89. The molecule has 3 atom stereocenters. The van der Waals surface area contributed by atoms with Gasteiger partial charge in [-0.2, -0.15) is 0 Å². The van der Waals surface area contributed by atoms with Crippen LogP contribution in [0.3, 0.4) is 0 Å². The van der Waals surface area contributed by atoms with Gasteiger partial charge in [0.2, 0.25) is 5.91 Å². The Kier molecular flexibility index (Phi) is 9.68. The van der Waals surface area contributed by atoms with E-state index in [1.165, 1.54) is 0 Å². The molecule has 1 aliphatic carbocycles. The molecule has 1 aliphatic heterocycles. The molecule has 1 heterocycles. The van der Waals surface area contributed by atoms with E-state index in [1.807, 2.05) is 11.8 Å². The first kappa shape index (κ1) is 29.4. The van der Waals surface area contributed by atoms with Gasteiger partial charge in [0.15, 0.2) is 0 Å². The molecule has 1 N–H and O–H groups in total. The number of carbonyl (C=O) groups is 3. The van der Waals surface area contributed by atoms with E-state index in [-0.39, 0.29) is 48.3 Å². The first-order chi connectivity index (χ1) is 19.2. The van der Waals surface area contributed by atoms with Crippen LogP contribution in [0.15, 0.2) is 42.5 Å². The molecule has 4 rings (SSSR count). The number of likely N-dealkylation sites (N-methyl/N-ethyl adjacent to an activating group) is 1. The lowest BCUT2D eigenvalue weighted by atomic mass is 9.99. The molecule has 0 saturated heterocycles. The molecule has 9 heteroatoms. The van der Waals surface area contributed by atoms with Crippen LogP contribution in [-0.2, 0) is 9.53 Å². The third-order valence-electron chi connectivity index (χ3n) is 8.02. The molecule has 2 aromatic rings. The summed E-state index contributed by atoms with van der Waals surface area (Å²) in [4.78, 5) is 43.6. The average molecular weight is 552 g/mol. The fourth-order valence-corrected chi connectivity index (χ4v) is 5.53. The molecule has 9 nitrogen and oxygen atoms in total. The van der Waals surface area contributed by atoms with E-state index in [4.69, 9.17) is 14.2 Å². The summed E-state index contributed by atoms with van der Waals surface area (Å²) in [6, 6.07) is 11.7. The number of fused-ring (bicyclic) bond motifs is 1. The molecular formula is C31H41N3O6. The highest BCUT2D eigenvalue weighted by molar-refractivity contribution is 6.05. The maximum atomic E-state index is 13.6. The fourth-order valence-electron chi connectivity index (χ4n) is 5.53. The van der Waals surface area contributed by atoms with E-state index >= 15 is 0 Å². The second kappa shape index (κ2) is 13.2. The van der Waals surface area contributed by atoms with Gasteiger partial charge in [0, 0.05) is 56.4 Å². The van der Waals surface area contributed by atoms with E-state index in [9.17, 15) is 14.4 Å². The Hall–Kier alpha value is -3.59. The topological polar surface area (TPSA) is 97.4 Å². The number of amides is 3. The van der Waals surface area contributed by atoms with E-state index in [0.717, 1.165) is 25.7 Å². The van der Waals surface area contributed by atoms with Crippen LogP contribution in [0, 0.1) is 11.8 Å². The first-order valence-corrected chi connectivity index (χ1v) is 14.0. The first-order valence-electron chi connectivity index (χ1n) is 14.0. The molecular weight excluding hydrogens is 510 g/mol. The Morgan fingerprint density at radius 2 is 1.77 bits per heavy atom. The number of ether oxygens (including phenoxy) is 3. The van der Waals surface area contributed by atoms with Crippen molar-refractivity contribution in [2.45, 2.75) is 51.7 Å². The molecule has 0 unspecified atom stereocenters. The van der Waals surface area contributed by atoms with Crippen LogP contribution in [-0.4, -0.2) is 80.6 Å². The molecule has 216 valence electrons.